The number of amides is 2. The summed E-state index contributed by atoms with van der Waals surface area (Å²) in [6, 6.07) is 8.38. The summed E-state index contributed by atoms with van der Waals surface area (Å²) in [5.41, 5.74) is 2.60. The lowest BCUT2D eigenvalue weighted by molar-refractivity contribution is 0.251. The molecule has 2 aromatic rings. The van der Waals surface area contributed by atoms with E-state index in [1.54, 1.807) is 37.4 Å². The molecule has 1 aliphatic carbocycles. The molecule has 7 nitrogen and oxygen atoms in total. The molecule has 2 N–H and O–H groups in total. The molecule has 0 fully saturated rings. The fraction of sp³-hybridized carbons (Fsp3) is 0.353. The van der Waals surface area contributed by atoms with E-state index in [2.05, 4.69) is 15.7 Å². The van der Waals surface area contributed by atoms with Gasteiger partial charge in [0.15, 0.2) is 0 Å². The molecule has 0 spiro atoms. The van der Waals surface area contributed by atoms with Crippen LogP contribution in [0.5, 0.6) is 5.75 Å². The maximum absolute atomic E-state index is 12.0. The molecule has 126 valence electrons. The zero-order valence-corrected chi connectivity index (χ0v) is 13.5. The largest absolute Gasteiger partial charge is 0.497 e. The standard InChI is InChI=1S/C17H20N4O3/c1-24-14-7-5-13(6-8-14)19-17(23)18-9-10-21-16(22)11-12-3-2-4-15(12)20-21/h5-8,11H,2-4,9-10H2,1H3,(H2,18,19,23). The average Bonchev–Trinajstić information content (AvgIpc) is 3.02. The average molecular weight is 328 g/mol. The van der Waals surface area contributed by atoms with Gasteiger partial charge in [-0.1, -0.05) is 0 Å². The number of anilines is 1. The lowest BCUT2D eigenvalue weighted by atomic mass is 10.2. The summed E-state index contributed by atoms with van der Waals surface area (Å²) >= 11 is 0. The highest BCUT2D eigenvalue weighted by Crippen LogP contribution is 2.17. The van der Waals surface area contributed by atoms with Crippen molar-refractivity contribution in [2.45, 2.75) is 25.8 Å². The van der Waals surface area contributed by atoms with Crippen molar-refractivity contribution >= 4 is 11.7 Å². The molecule has 2 amide bonds. The van der Waals surface area contributed by atoms with E-state index < -0.39 is 0 Å². The Morgan fingerprint density at radius 1 is 1.29 bits per heavy atom. The van der Waals surface area contributed by atoms with Crippen molar-refractivity contribution in [2.75, 3.05) is 19.0 Å². The lowest BCUT2D eigenvalue weighted by Gasteiger charge is -2.10. The highest BCUT2D eigenvalue weighted by molar-refractivity contribution is 5.89. The van der Waals surface area contributed by atoms with E-state index in [0.717, 1.165) is 36.3 Å². The number of benzene rings is 1. The first-order valence-corrected chi connectivity index (χ1v) is 7.94. The Morgan fingerprint density at radius 3 is 2.83 bits per heavy atom. The maximum atomic E-state index is 12.0. The van der Waals surface area contributed by atoms with Crippen molar-refractivity contribution in [3.05, 3.63) is 51.9 Å². The van der Waals surface area contributed by atoms with Gasteiger partial charge in [0.2, 0.25) is 0 Å². The van der Waals surface area contributed by atoms with Gasteiger partial charge < -0.3 is 15.4 Å². The first kappa shape index (κ1) is 16.0. The lowest BCUT2D eigenvalue weighted by Crippen LogP contribution is -2.34. The highest BCUT2D eigenvalue weighted by atomic mass is 16.5. The minimum atomic E-state index is -0.325. The quantitative estimate of drug-likeness (QED) is 0.872. The number of fused-ring (bicyclic) bond motifs is 1. The van der Waals surface area contributed by atoms with Crippen LogP contribution in [0.3, 0.4) is 0 Å². The summed E-state index contributed by atoms with van der Waals surface area (Å²) in [6.45, 7) is 0.676. The first-order chi connectivity index (χ1) is 11.7. The predicted octanol–water partition coefficient (Wildman–Crippen LogP) is 1.56. The van der Waals surface area contributed by atoms with Gasteiger partial charge in [-0.15, -0.1) is 0 Å². The van der Waals surface area contributed by atoms with Gasteiger partial charge in [0.25, 0.3) is 5.56 Å². The Morgan fingerprint density at radius 2 is 2.08 bits per heavy atom. The van der Waals surface area contributed by atoms with E-state index in [4.69, 9.17) is 4.74 Å². The number of nitrogens with one attached hydrogen (secondary N) is 2. The van der Waals surface area contributed by atoms with Gasteiger partial charge in [-0.05, 0) is 49.1 Å². The van der Waals surface area contributed by atoms with Crippen LogP contribution >= 0.6 is 0 Å². The molecular formula is C17H20N4O3. The summed E-state index contributed by atoms with van der Waals surface area (Å²) in [5, 5.41) is 9.82. The summed E-state index contributed by atoms with van der Waals surface area (Å²) in [4.78, 5) is 23.8. The van der Waals surface area contributed by atoms with Gasteiger partial charge in [0, 0.05) is 18.3 Å². The minimum Gasteiger partial charge on any atom is -0.497 e. The smallest absolute Gasteiger partial charge is 0.319 e. The Hall–Kier alpha value is -2.83. The third-order valence-corrected chi connectivity index (χ3v) is 3.98. The minimum absolute atomic E-state index is 0.118. The third-order valence-electron chi connectivity index (χ3n) is 3.98. The molecule has 0 radical (unpaired) electrons. The van der Waals surface area contributed by atoms with E-state index in [9.17, 15) is 9.59 Å². The number of aromatic nitrogens is 2. The van der Waals surface area contributed by atoms with Gasteiger partial charge in [0.1, 0.15) is 5.75 Å². The molecule has 1 heterocycles. The second-order valence-electron chi connectivity index (χ2n) is 5.64. The molecule has 0 saturated heterocycles. The summed E-state index contributed by atoms with van der Waals surface area (Å²) < 4.78 is 6.48. The van der Waals surface area contributed by atoms with Gasteiger partial charge in [-0.25, -0.2) is 9.48 Å². The number of carbonyl (C=O) groups excluding carboxylic acids is 1. The number of hydrogen-bond donors (Lipinski definition) is 2. The number of urea groups is 1. The van der Waals surface area contributed by atoms with Gasteiger partial charge >= 0.3 is 6.03 Å². The molecule has 1 aromatic heterocycles. The van der Waals surface area contributed by atoms with Crippen LogP contribution in [0.15, 0.2) is 35.1 Å². The molecular weight excluding hydrogens is 308 g/mol. The van der Waals surface area contributed by atoms with Crippen LogP contribution in [-0.4, -0.2) is 29.5 Å². The molecule has 0 atom stereocenters. The van der Waals surface area contributed by atoms with Gasteiger partial charge in [-0.3, -0.25) is 4.79 Å². The molecule has 7 heteroatoms. The summed E-state index contributed by atoms with van der Waals surface area (Å²) in [5.74, 6) is 0.725. The topological polar surface area (TPSA) is 85.2 Å². The van der Waals surface area contributed by atoms with Crippen LogP contribution in [0.1, 0.15) is 17.7 Å². The molecule has 1 aliphatic rings. The second-order valence-corrected chi connectivity index (χ2v) is 5.64. The molecule has 24 heavy (non-hydrogen) atoms. The molecule has 1 aromatic carbocycles. The Balaban J connectivity index is 1.51. The molecule has 0 aliphatic heterocycles. The van der Waals surface area contributed by atoms with Crippen molar-refractivity contribution in [2.24, 2.45) is 0 Å². The molecule has 0 unspecified atom stereocenters. The fourth-order valence-corrected chi connectivity index (χ4v) is 2.72. The van der Waals surface area contributed by atoms with Crippen LogP contribution in [0.2, 0.25) is 0 Å². The highest BCUT2D eigenvalue weighted by Gasteiger charge is 2.14. The number of aryl methyl sites for hydroxylation is 2. The molecule has 0 bridgehead atoms. The SMILES string of the molecule is COc1ccc(NC(=O)NCCn2nc3c(cc2=O)CCC3)cc1. The molecule has 0 saturated carbocycles. The van der Waals surface area contributed by atoms with Gasteiger partial charge in [-0.2, -0.15) is 5.10 Å². The number of methoxy groups -OCH3 is 1. The third kappa shape index (κ3) is 3.73. The van der Waals surface area contributed by atoms with Gasteiger partial charge in [0.05, 0.1) is 19.3 Å². The van der Waals surface area contributed by atoms with E-state index in [1.165, 1.54) is 4.68 Å². The van der Waals surface area contributed by atoms with Crippen molar-refractivity contribution in [3.8, 4) is 5.75 Å². The van der Waals surface area contributed by atoms with Crippen LogP contribution in [0.4, 0.5) is 10.5 Å². The Labute approximate surface area is 139 Å². The monoisotopic (exact) mass is 328 g/mol. The van der Waals surface area contributed by atoms with E-state index >= 15 is 0 Å². The van der Waals surface area contributed by atoms with E-state index in [1.807, 2.05) is 0 Å². The van der Waals surface area contributed by atoms with Crippen molar-refractivity contribution in [1.29, 1.82) is 0 Å². The van der Waals surface area contributed by atoms with Crippen LogP contribution in [0, 0.1) is 0 Å². The Kier molecular flexibility index (Phi) is 4.79. The van der Waals surface area contributed by atoms with E-state index in [0.29, 0.717) is 18.8 Å². The van der Waals surface area contributed by atoms with Crippen LogP contribution in [0.25, 0.3) is 0 Å². The summed E-state index contributed by atoms with van der Waals surface area (Å²) in [6.07, 6.45) is 2.90. The zero-order chi connectivity index (χ0) is 16.9. The predicted molar refractivity (Wildman–Crippen MR) is 90.5 cm³/mol. The fourth-order valence-electron chi connectivity index (χ4n) is 2.72. The van der Waals surface area contributed by atoms with E-state index in [-0.39, 0.29) is 11.6 Å². The number of carbonyl (C=O) groups is 1. The number of ether oxygens (including phenoxy) is 1. The first-order valence-electron chi connectivity index (χ1n) is 7.94. The maximum Gasteiger partial charge on any atom is 0.319 e. The van der Waals surface area contributed by atoms with Crippen molar-refractivity contribution in [1.82, 2.24) is 15.1 Å². The normalized spacial score (nSPS) is 12.5. The number of nitrogens with zero attached hydrogens (tertiary/aromatic N) is 2. The second kappa shape index (κ2) is 7.16. The Bertz CT molecular complexity index is 783. The van der Waals surface area contributed by atoms with Crippen molar-refractivity contribution < 1.29 is 9.53 Å². The van der Waals surface area contributed by atoms with Crippen LogP contribution < -0.4 is 20.9 Å². The number of hydrogen-bond acceptors (Lipinski definition) is 4. The zero-order valence-electron chi connectivity index (χ0n) is 13.5. The molecule has 3 rings (SSSR count). The van der Waals surface area contributed by atoms with Crippen molar-refractivity contribution in [3.63, 3.8) is 0 Å². The summed E-state index contributed by atoms with van der Waals surface area (Å²) in [7, 11) is 1.59. The van der Waals surface area contributed by atoms with Crippen LogP contribution in [-0.2, 0) is 19.4 Å². The number of rotatable bonds is 5.